The number of carbonyl (C=O) groups is 3. The van der Waals surface area contributed by atoms with Gasteiger partial charge in [-0.05, 0) is 32.1 Å². The SMILES string of the molecule is COC(=O)CCCC(=O)N(CC(=O)Nc1cc(C)on1)CC1CC1. The molecule has 8 nitrogen and oxygen atoms in total. The van der Waals surface area contributed by atoms with Gasteiger partial charge in [0, 0.05) is 25.5 Å². The lowest BCUT2D eigenvalue weighted by Crippen LogP contribution is -2.39. The van der Waals surface area contributed by atoms with Crippen molar-refractivity contribution in [1.82, 2.24) is 10.1 Å². The van der Waals surface area contributed by atoms with E-state index in [1.165, 1.54) is 7.11 Å². The van der Waals surface area contributed by atoms with Crippen LogP contribution in [0.3, 0.4) is 0 Å². The molecule has 2 amide bonds. The van der Waals surface area contributed by atoms with E-state index >= 15 is 0 Å². The fourth-order valence-corrected chi connectivity index (χ4v) is 2.29. The molecule has 0 bridgehead atoms. The Labute approximate surface area is 140 Å². The second kappa shape index (κ2) is 8.47. The van der Waals surface area contributed by atoms with E-state index in [1.54, 1.807) is 17.9 Å². The van der Waals surface area contributed by atoms with Crippen LogP contribution < -0.4 is 5.32 Å². The molecule has 1 aliphatic rings. The number of carbonyl (C=O) groups excluding carboxylic acids is 3. The Morgan fingerprint density at radius 1 is 1.38 bits per heavy atom. The van der Waals surface area contributed by atoms with Crippen LogP contribution in [0.25, 0.3) is 0 Å². The fraction of sp³-hybridized carbons (Fsp3) is 0.625. The van der Waals surface area contributed by atoms with Gasteiger partial charge in [0.15, 0.2) is 5.82 Å². The largest absolute Gasteiger partial charge is 0.469 e. The first-order valence-corrected chi connectivity index (χ1v) is 8.05. The van der Waals surface area contributed by atoms with Crippen LogP contribution >= 0.6 is 0 Å². The quantitative estimate of drug-likeness (QED) is 0.685. The van der Waals surface area contributed by atoms with Crippen molar-refractivity contribution in [3.8, 4) is 0 Å². The van der Waals surface area contributed by atoms with Crippen molar-refractivity contribution in [2.24, 2.45) is 5.92 Å². The topological polar surface area (TPSA) is 102 Å². The van der Waals surface area contributed by atoms with E-state index in [-0.39, 0.29) is 37.2 Å². The monoisotopic (exact) mass is 337 g/mol. The highest BCUT2D eigenvalue weighted by molar-refractivity contribution is 5.93. The van der Waals surface area contributed by atoms with E-state index in [1.807, 2.05) is 0 Å². The zero-order valence-electron chi connectivity index (χ0n) is 14.0. The summed E-state index contributed by atoms with van der Waals surface area (Å²) < 4.78 is 9.45. The van der Waals surface area contributed by atoms with Gasteiger partial charge in [-0.15, -0.1) is 0 Å². The van der Waals surface area contributed by atoms with Crippen molar-refractivity contribution < 1.29 is 23.6 Å². The minimum absolute atomic E-state index is 0.0283. The van der Waals surface area contributed by atoms with Crippen molar-refractivity contribution in [2.75, 3.05) is 25.5 Å². The third-order valence-corrected chi connectivity index (χ3v) is 3.76. The van der Waals surface area contributed by atoms with Crippen LogP contribution in [-0.4, -0.2) is 48.0 Å². The third-order valence-electron chi connectivity index (χ3n) is 3.76. The second-order valence-electron chi connectivity index (χ2n) is 6.02. The first-order valence-electron chi connectivity index (χ1n) is 8.05. The molecule has 8 heteroatoms. The van der Waals surface area contributed by atoms with Gasteiger partial charge in [-0.2, -0.15) is 0 Å². The minimum atomic E-state index is -0.337. The number of hydrogen-bond acceptors (Lipinski definition) is 6. The molecule has 0 saturated heterocycles. The van der Waals surface area contributed by atoms with Crippen molar-refractivity contribution in [1.29, 1.82) is 0 Å². The Morgan fingerprint density at radius 2 is 2.12 bits per heavy atom. The number of rotatable bonds is 9. The maximum atomic E-state index is 12.3. The predicted molar refractivity (Wildman–Crippen MR) is 85.0 cm³/mol. The molecule has 24 heavy (non-hydrogen) atoms. The van der Waals surface area contributed by atoms with E-state index in [4.69, 9.17) is 4.52 Å². The first-order chi connectivity index (χ1) is 11.5. The number of nitrogens with zero attached hydrogens (tertiary/aromatic N) is 2. The van der Waals surface area contributed by atoms with Gasteiger partial charge >= 0.3 is 5.97 Å². The number of aromatic nitrogens is 1. The number of methoxy groups -OCH3 is 1. The van der Waals surface area contributed by atoms with Gasteiger partial charge in [-0.3, -0.25) is 14.4 Å². The lowest BCUT2D eigenvalue weighted by molar-refractivity contribution is -0.141. The summed E-state index contributed by atoms with van der Waals surface area (Å²) in [5.41, 5.74) is 0. The van der Waals surface area contributed by atoms with Crippen molar-refractivity contribution in [3.05, 3.63) is 11.8 Å². The third kappa shape index (κ3) is 6.02. The fourth-order valence-electron chi connectivity index (χ4n) is 2.29. The molecule has 1 N–H and O–H groups in total. The highest BCUT2D eigenvalue weighted by Crippen LogP contribution is 2.30. The summed E-state index contributed by atoms with van der Waals surface area (Å²) in [6.07, 6.45) is 2.99. The first kappa shape index (κ1) is 18.0. The number of amides is 2. The Hall–Kier alpha value is -2.38. The molecular formula is C16H23N3O5. The summed E-state index contributed by atoms with van der Waals surface area (Å²) in [5, 5.41) is 6.31. The highest BCUT2D eigenvalue weighted by Gasteiger charge is 2.28. The molecule has 1 aromatic rings. The van der Waals surface area contributed by atoms with Crippen molar-refractivity contribution >= 4 is 23.6 Å². The highest BCUT2D eigenvalue weighted by atomic mass is 16.5. The van der Waals surface area contributed by atoms with Gasteiger partial charge < -0.3 is 19.5 Å². The summed E-state index contributed by atoms with van der Waals surface area (Å²) in [6, 6.07) is 1.61. The lowest BCUT2D eigenvalue weighted by Gasteiger charge is -2.21. The number of anilines is 1. The zero-order valence-corrected chi connectivity index (χ0v) is 14.0. The van der Waals surface area contributed by atoms with Gasteiger partial charge in [0.1, 0.15) is 5.76 Å². The molecule has 1 fully saturated rings. The van der Waals surface area contributed by atoms with Gasteiger partial charge in [-0.25, -0.2) is 0 Å². The molecule has 1 heterocycles. The van der Waals surface area contributed by atoms with Crippen molar-refractivity contribution in [3.63, 3.8) is 0 Å². The summed E-state index contributed by atoms with van der Waals surface area (Å²) in [6.45, 7) is 2.27. The van der Waals surface area contributed by atoms with Crippen LogP contribution in [0.1, 0.15) is 37.9 Å². The molecule has 0 aliphatic heterocycles. The molecule has 0 aromatic carbocycles. The van der Waals surface area contributed by atoms with E-state index in [9.17, 15) is 14.4 Å². The predicted octanol–water partition coefficient (Wildman–Crippen LogP) is 1.50. The average Bonchev–Trinajstić information content (AvgIpc) is 3.27. The Kier molecular flexibility index (Phi) is 6.34. The minimum Gasteiger partial charge on any atom is -0.469 e. The normalized spacial score (nSPS) is 13.4. The van der Waals surface area contributed by atoms with Gasteiger partial charge in [0.2, 0.25) is 11.8 Å². The molecule has 0 unspecified atom stereocenters. The standard InChI is InChI=1S/C16H23N3O5/c1-11-8-13(18-24-11)17-14(20)10-19(9-12-6-7-12)15(21)4-3-5-16(22)23-2/h8,12H,3-7,9-10H2,1-2H3,(H,17,18,20). The van der Waals surface area contributed by atoms with Crippen LogP contribution in [0.4, 0.5) is 5.82 Å². The van der Waals surface area contributed by atoms with Crippen LogP contribution in [0.5, 0.6) is 0 Å². The number of ether oxygens (including phenoxy) is 1. The van der Waals surface area contributed by atoms with Gasteiger partial charge in [0.25, 0.3) is 0 Å². The van der Waals surface area contributed by atoms with Crippen LogP contribution in [0.15, 0.2) is 10.6 Å². The smallest absolute Gasteiger partial charge is 0.305 e. The van der Waals surface area contributed by atoms with Crippen LogP contribution in [-0.2, 0) is 19.1 Å². The van der Waals surface area contributed by atoms with Crippen LogP contribution in [0.2, 0.25) is 0 Å². The molecule has 1 aromatic heterocycles. The summed E-state index contributed by atoms with van der Waals surface area (Å²) in [5.74, 6) is 0.621. The molecule has 132 valence electrons. The molecule has 1 saturated carbocycles. The van der Waals surface area contributed by atoms with E-state index < -0.39 is 0 Å². The average molecular weight is 337 g/mol. The van der Waals surface area contributed by atoms with Gasteiger partial charge in [0.05, 0.1) is 13.7 Å². The number of nitrogens with one attached hydrogen (secondary N) is 1. The number of hydrogen-bond donors (Lipinski definition) is 1. The maximum absolute atomic E-state index is 12.3. The Bertz CT molecular complexity index is 594. The molecule has 1 aliphatic carbocycles. The van der Waals surface area contributed by atoms with Crippen molar-refractivity contribution in [2.45, 2.75) is 39.0 Å². The molecule has 0 atom stereocenters. The molecular weight excluding hydrogens is 314 g/mol. The van der Waals surface area contributed by atoms with Crippen LogP contribution in [0, 0.1) is 12.8 Å². The number of esters is 1. The second-order valence-corrected chi connectivity index (χ2v) is 6.02. The van der Waals surface area contributed by atoms with Gasteiger partial charge in [-0.1, -0.05) is 5.16 Å². The zero-order chi connectivity index (χ0) is 17.5. The maximum Gasteiger partial charge on any atom is 0.305 e. The van der Waals surface area contributed by atoms with E-state index in [0.29, 0.717) is 30.5 Å². The molecule has 0 spiro atoms. The van der Waals surface area contributed by atoms with E-state index in [2.05, 4.69) is 15.2 Å². The molecule has 0 radical (unpaired) electrons. The summed E-state index contributed by atoms with van der Waals surface area (Å²) in [4.78, 5) is 37.1. The summed E-state index contributed by atoms with van der Waals surface area (Å²) in [7, 11) is 1.32. The molecule has 2 rings (SSSR count). The lowest BCUT2D eigenvalue weighted by atomic mass is 10.2. The Morgan fingerprint density at radius 3 is 2.71 bits per heavy atom. The number of aryl methyl sites for hydroxylation is 1. The summed E-state index contributed by atoms with van der Waals surface area (Å²) >= 11 is 0. The Balaban J connectivity index is 1.83. The van der Waals surface area contributed by atoms with E-state index in [0.717, 1.165) is 12.8 Å².